The van der Waals surface area contributed by atoms with Crippen LogP contribution in [-0.4, -0.2) is 10.5 Å². The van der Waals surface area contributed by atoms with E-state index in [0.29, 0.717) is 11.7 Å². The predicted molar refractivity (Wildman–Crippen MR) is 98.3 cm³/mol. The van der Waals surface area contributed by atoms with Crippen molar-refractivity contribution in [1.82, 2.24) is 4.57 Å². The Balaban J connectivity index is 1.74. The molecule has 0 bridgehead atoms. The molecule has 1 fully saturated rings. The molecule has 3 rings (SSSR count). The lowest BCUT2D eigenvalue weighted by atomic mass is 10.2. The summed E-state index contributed by atoms with van der Waals surface area (Å²) in [5.41, 5.74) is 1.63. The minimum absolute atomic E-state index is 0.0964. The zero-order chi connectivity index (χ0) is 16.9. The summed E-state index contributed by atoms with van der Waals surface area (Å²) >= 11 is 3.36. The van der Waals surface area contributed by atoms with Crippen LogP contribution in [0.15, 0.2) is 52.8 Å². The van der Waals surface area contributed by atoms with Gasteiger partial charge in [-0.1, -0.05) is 34.8 Å². The van der Waals surface area contributed by atoms with E-state index < -0.39 is 5.91 Å². The lowest BCUT2D eigenvalue weighted by Gasteiger charge is -2.10. The number of nitriles is 1. The molecule has 5 heteroatoms. The van der Waals surface area contributed by atoms with Gasteiger partial charge in [0.15, 0.2) is 0 Å². The number of rotatable bonds is 4. The molecule has 24 heavy (non-hydrogen) atoms. The van der Waals surface area contributed by atoms with Crippen molar-refractivity contribution >= 4 is 33.6 Å². The summed E-state index contributed by atoms with van der Waals surface area (Å²) in [5, 5.41) is 12.1. The molecule has 1 aliphatic rings. The number of hydrogen-bond donors (Lipinski definition) is 1. The molecule has 122 valence electrons. The van der Waals surface area contributed by atoms with Gasteiger partial charge in [-0.25, -0.2) is 0 Å². The Bertz CT molecular complexity index is 810. The minimum atomic E-state index is -0.399. The third kappa shape index (κ3) is 3.95. The monoisotopic (exact) mass is 383 g/mol. The third-order valence-corrected chi connectivity index (χ3v) is 4.74. The molecule has 1 aliphatic carbocycles. The summed E-state index contributed by atoms with van der Waals surface area (Å²) in [6.45, 7) is 0. The van der Waals surface area contributed by atoms with Crippen LogP contribution < -0.4 is 5.32 Å². The maximum absolute atomic E-state index is 12.3. The molecule has 1 amide bonds. The molecule has 0 saturated heterocycles. The Hall–Kier alpha value is -2.32. The lowest BCUT2D eigenvalue weighted by Crippen LogP contribution is -2.13. The van der Waals surface area contributed by atoms with Crippen LogP contribution in [0.25, 0.3) is 6.08 Å². The zero-order valence-electron chi connectivity index (χ0n) is 13.2. The van der Waals surface area contributed by atoms with Crippen molar-refractivity contribution < 1.29 is 4.79 Å². The molecule has 1 heterocycles. The quantitative estimate of drug-likeness (QED) is 0.602. The van der Waals surface area contributed by atoms with Crippen LogP contribution >= 0.6 is 15.9 Å². The number of carbonyl (C=O) groups is 1. The fourth-order valence-electron chi connectivity index (χ4n) is 3.03. The lowest BCUT2D eigenvalue weighted by molar-refractivity contribution is -0.112. The van der Waals surface area contributed by atoms with Gasteiger partial charge >= 0.3 is 0 Å². The largest absolute Gasteiger partial charge is 0.351 e. The molecule has 0 atom stereocenters. The van der Waals surface area contributed by atoms with Gasteiger partial charge in [0.2, 0.25) is 0 Å². The van der Waals surface area contributed by atoms with E-state index in [9.17, 15) is 10.1 Å². The average molecular weight is 384 g/mol. The van der Waals surface area contributed by atoms with Crippen molar-refractivity contribution in [3.05, 3.63) is 58.3 Å². The van der Waals surface area contributed by atoms with Crippen molar-refractivity contribution in [1.29, 1.82) is 5.26 Å². The highest BCUT2D eigenvalue weighted by molar-refractivity contribution is 9.10. The highest BCUT2D eigenvalue weighted by Gasteiger charge is 2.16. The molecular formula is C19H18BrN3O. The van der Waals surface area contributed by atoms with E-state index in [0.717, 1.165) is 10.0 Å². The van der Waals surface area contributed by atoms with Gasteiger partial charge in [-0.15, -0.1) is 0 Å². The number of amides is 1. The first-order chi connectivity index (χ1) is 11.7. The Morgan fingerprint density at radius 1 is 1.33 bits per heavy atom. The minimum Gasteiger partial charge on any atom is -0.351 e. The molecule has 1 saturated carbocycles. The normalized spacial score (nSPS) is 15.2. The fourth-order valence-corrected chi connectivity index (χ4v) is 3.42. The maximum atomic E-state index is 12.3. The Morgan fingerprint density at radius 3 is 2.83 bits per heavy atom. The summed E-state index contributed by atoms with van der Waals surface area (Å²) in [5.74, 6) is -0.399. The van der Waals surface area contributed by atoms with Crippen molar-refractivity contribution in [3.8, 4) is 6.07 Å². The summed E-state index contributed by atoms with van der Waals surface area (Å²) in [6, 6.07) is 11.8. The van der Waals surface area contributed by atoms with Crippen LogP contribution in [0.1, 0.15) is 37.3 Å². The summed E-state index contributed by atoms with van der Waals surface area (Å²) in [6.07, 6.45) is 10.6. The summed E-state index contributed by atoms with van der Waals surface area (Å²) in [7, 11) is 0. The Labute approximate surface area is 149 Å². The van der Waals surface area contributed by atoms with E-state index in [-0.39, 0.29) is 5.57 Å². The van der Waals surface area contributed by atoms with Crippen LogP contribution in [0, 0.1) is 11.3 Å². The van der Waals surface area contributed by atoms with Crippen molar-refractivity contribution in [2.24, 2.45) is 0 Å². The summed E-state index contributed by atoms with van der Waals surface area (Å²) in [4.78, 5) is 12.3. The topological polar surface area (TPSA) is 57.8 Å². The van der Waals surface area contributed by atoms with Crippen LogP contribution in [0.5, 0.6) is 0 Å². The highest BCUT2D eigenvalue weighted by Crippen LogP contribution is 2.30. The van der Waals surface area contributed by atoms with Gasteiger partial charge in [-0.05, 0) is 48.7 Å². The maximum Gasteiger partial charge on any atom is 0.266 e. The first kappa shape index (κ1) is 16.5. The number of benzene rings is 1. The van der Waals surface area contributed by atoms with Gasteiger partial charge < -0.3 is 9.88 Å². The number of anilines is 1. The fraction of sp³-hybridized carbons (Fsp3) is 0.263. The van der Waals surface area contributed by atoms with E-state index in [1.54, 1.807) is 18.2 Å². The number of hydrogen-bond acceptors (Lipinski definition) is 2. The number of halogens is 1. The van der Waals surface area contributed by atoms with Gasteiger partial charge in [0.05, 0.1) is 0 Å². The molecule has 1 aromatic carbocycles. The smallest absolute Gasteiger partial charge is 0.266 e. The van der Waals surface area contributed by atoms with E-state index in [2.05, 4.69) is 25.8 Å². The number of nitrogens with one attached hydrogen (secondary N) is 1. The Kier molecular flexibility index (Phi) is 5.17. The third-order valence-electron chi connectivity index (χ3n) is 4.24. The molecule has 4 nitrogen and oxygen atoms in total. The second-order valence-electron chi connectivity index (χ2n) is 5.96. The molecule has 1 aromatic heterocycles. The standard InChI is InChI=1S/C19H18BrN3O/c20-16-4-3-5-17(11-16)22-19(24)15(12-21)10-14-8-9-23(13-14)18-6-1-2-7-18/h3-5,8-11,13,18H,1-2,6-7H2,(H,22,24)/b15-10+. The van der Waals surface area contributed by atoms with Crippen molar-refractivity contribution in [2.45, 2.75) is 31.7 Å². The molecule has 0 aliphatic heterocycles. The average Bonchev–Trinajstić information content (AvgIpc) is 3.23. The molecular weight excluding hydrogens is 366 g/mol. The first-order valence-electron chi connectivity index (χ1n) is 8.02. The van der Waals surface area contributed by atoms with Gasteiger partial charge in [0, 0.05) is 28.6 Å². The molecule has 1 N–H and O–H groups in total. The first-order valence-corrected chi connectivity index (χ1v) is 8.81. The van der Waals surface area contributed by atoms with E-state index >= 15 is 0 Å². The highest BCUT2D eigenvalue weighted by atomic mass is 79.9. The van der Waals surface area contributed by atoms with Crippen molar-refractivity contribution in [3.63, 3.8) is 0 Å². The number of aromatic nitrogens is 1. The van der Waals surface area contributed by atoms with Gasteiger partial charge in [-0.3, -0.25) is 4.79 Å². The zero-order valence-corrected chi connectivity index (χ0v) is 14.8. The predicted octanol–water partition coefficient (Wildman–Crippen LogP) is 4.91. The van der Waals surface area contributed by atoms with Crippen LogP contribution in [0.3, 0.4) is 0 Å². The van der Waals surface area contributed by atoms with Crippen molar-refractivity contribution in [2.75, 3.05) is 5.32 Å². The van der Waals surface area contributed by atoms with Gasteiger partial charge in [0.25, 0.3) is 5.91 Å². The Morgan fingerprint density at radius 2 is 2.12 bits per heavy atom. The molecule has 0 spiro atoms. The summed E-state index contributed by atoms with van der Waals surface area (Å²) < 4.78 is 3.07. The number of carbonyl (C=O) groups excluding carboxylic acids is 1. The van der Waals surface area contributed by atoms with Crippen LogP contribution in [-0.2, 0) is 4.79 Å². The van der Waals surface area contributed by atoms with E-state index in [4.69, 9.17) is 0 Å². The van der Waals surface area contributed by atoms with Gasteiger partial charge in [-0.2, -0.15) is 5.26 Å². The molecule has 0 radical (unpaired) electrons. The molecule has 2 aromatic rings. The van der Waals surface area contributed by atoms with E-state index in [1.165, 1.54) is 25.7 Å². The van der Waals surface area contributed by atoms with E-state index in [1.807, 2.05) is 36.7 Å². The second-order valence-corrected chi connectivity index (χ2v) is 6.88. The van der Waals surface area contributed by atoms with Crippen LogP contribution in [0.4, 0.5) is 5.69 Å². The van der Waals surface area contributed by atoms with Gasteiger partial charge in [0.1, 0.15) is 11.6 Å². The van der Waals surface area contributed by atoms with Crippen LogP contribution in [0.2, 0.25) is 0 Å². The SMILES string of the molecule is N#C/C(=C\c1ccn(C2CCCC2)c1)C(=O)Nc1cccc(Br)c1. The molecule has 0 unspecified atom stereocenters. The second kappa shape index (κ2) is 7.50. The number of nitrogens with zero attached hydrogens (tertiary/aromatic N) is 2.